The Kier molecular flexibility index (Phi) is 9.27. The standard InChI is InChI=1S/C21H26ClN5O2.C2H6/c1-13(23)18-19(29-3)17(21(28)26-15-6-4-14(22)5-7-15)12-24-20(18)25-16-8-10-27(2)11-9-16;1-2/h4-7,12,16,23H,8-11H2,1-3H3,(H,24,25)(H,26,28);1-2H3. The molecule has 2 heterocycles. The van der Waals surface area contributed by atoms with Crippen LogP contribution >= 0.6 is 11.6 Å². The van der Waals surface area contributed by atoms with E-state index in [-0.39, 0.29) is 23.2 Å². The molecule has 31 heavy (non-hydrogen) atoms. The smallest absolute Gasteiger partial charge is 0.261 e. The predicted molar refractivity (Wildman–Crippen MR) is 128 cm³/mol. The van der Waals surface area contributed by atoms with Gasteiger partial charge < -0.3 is 25.7 Å². The molecule has 1 aromatic carbocycles. The maximum absolute atomic E-state index is 12.8. The van der Waals surface area contributed by atoms with E-state index in [1.54, 1.807) is 31.2 Å². The lowest BCUT2D eigenvalue weighted by molar-refractivity contribution is 0.102. The first-order valence-electron chi connectivity index (χ1n) is 10.5. The average Bonchev–Trinajstić information content (AvgIpc) is 2.77. The summed E-state index contributed by atoms with van der Waals surface area (Å²) in [4.78, 5) is 19.6. The van der Waals surface area contributed by atoms with Crippen LogP contribution in [0.25, 0.3) is 0 Å². The molecule has 3 N–H and O–H groups in total. The van der Waals surface area contributed by atoms with Crippen LogP contribution in [0.3, 0.4) is 0 Å². The number of nitrogens with one attached hydrogen (secondary N) is 3. The number of benzene rings is 1. The summed E-state index contributed by atoms with van der Waals surface area (Å²) in [6.07, 6.45) is 3.49. The highest BCUT2D eigenvalue weighted by Crippen LogP contribution is 2.31. The zero-order valence-electron chi connectivity index (χ0n) is 18.9. The van der Waals surface area contributed by atoms with Gasteiger partial charge >= 0.3 is 0 Å². The normalized spacial score (nSPS) is 14.3. The van der Waals surface area contributed by atoms with E-state index in [0.717, 1.165) is 25.9 Å². The summed E-state index contributed by atoms with van der Waals surface area (Å²) in [5.41, 5.74) is 1.68. The molecule has 0 unspecified atom stereocenters. The van der Waals surface area contributed by atoms with Crippen LogP contribution in [0.2, 0.25) is 5.02 Å². The number of anilines is 2. The maximum Gasteiger partial charge on any atom is 0.261 e. The Hall–Kier alpha value is -2.64. The van der Waals surface area contributed by atoms with Gasteiger partial charge in [-0.05, 0) is 64.2 Å². The van der Waals surface area contributed by atoms with Gasteiger partial charge in [-0.3, -0.25) is 4.79 Å². The lowest BCUT2D eigenvalue weighted by Crippen LogP contribution is -2.37. The summed E-state index contributed by atoms with van der Waals surface area (Å²) in [5, 5.41) is 15.1. The van der Waals surface area contributed by atoms with Crippen molar-refractivity contribution in [2.45, 2.75) is 39.7 Å². The number of rotatable bonds is 6. The zero-order valence-corrected chi connectivity index (χ0v) is 19.6. The summed E-state index contributed by atoms with van der Waals surface area (Å²) >= 11 is 5.90. The molecule has 8 heteroatoms. The molecule has 0 bridgehead atoms. The summed E-state index contributed by atoms with van der Waals surface area (Å²) < 4.78 is 5.55. The first kappa shape index (κ1) is 24.6. The third-order valence-corrected chi connectivity index (χ3v) is 5.27. The number of pyridine rings is 1. The summed E-state index contributed by atoms with van der Waals surface area (Å²) in [6.45, 7) is 7.69. The largest absolute Gasteiger partial charge is 0.495 e. The molecule has 0 atom stereocenters. The lowest BCUT2D eigenvalue weighted by atomic mass is 10.0. The second kappa shape index (κ2) is 11.7. The monoisotopic (exact) mass is 445 g/mol. The fraction of sp³-hybridized carbons (Fsp3) is 0.435. The molecule has 2 aromatic rings. The van der Waals surface area contributed by atoms with E-state index in [2.05, 4.69) is 27.6 Å². The summed E-state index contributed by atoms with van der Waals surface area (Å²) in [6, 6.07) is 7.12. The number of nitrogens with zero attached hydrogens (tertiary/aromatic N) is 2. The van der Waals surface area contributed by atoms with Gasteiger partial charge in [-0.1, -0.05) is 25.4 Å². The fourth-order valence-electron chi connectivity index (χ4n) is 3.40. The van der Waals surface area contributed by atoms with Crippen LogP contribution in [-0.4, -0.2) is 54.8 Å². The number of ether oxygens (including phenoxy) is 1. The van der Waals surface area contributed by atoms with E-state index in [0.29, 0.717) is 27.8 Å². The predicted octanol–water partition coefficient (Wildman–Crippen LogP) is 4.92. The summed E-state index contributed by atoms with van der Waals surface area (Å²) in [5.74, 6) is 0.561. The van der Waals surface area contributed by atoms with Gasteiger partial charge in [-0.15, -0.1) is 0 Å². The van der Waals surface area contributed by atoms with Crippen molar-refractivity contribution in [3.05, 3.63) is 46.6 Å². The Morgan fingerprint density at radius 3 is 2.39 bits per heavy atom. The van der Waals surface area contributed by atoms with Gasteiger partial charge in [-0.2, -0.15) is 0 Å². The highest BCUT2D eigenvalue weighted by Gasteiger charge is 2.24. The van der Waals surface area contributed by atoms with Crippen LogP contribution < -0.4 is 15.4 Å². The highest BCUT2D eigenvalue weighted by molar-refractivity contribution is 6.30. The van der Waals surface area contributed by atoms with Crippen molar-refractivity contribution < 1.29 is 9.53 Å². The van der Waals surface area contributed by atoms with Crippen molar-refractivity contribution >= 4 is 34.7 Å². The molecule has 1 aromatic heterocycles. The first-order valence-corrected chi connectivity index (χ1v) is 10.9. The van der Waals surface area contributed by atoms with Gasteiger partial charge in [0.05, 0.1) is 12.7 Å². The third kappa shape index (κ3) is 6.42. The molecule has 1 fully saturated rings. The Bertz CT molecular complexity index is 894. The highest BCUT2D eigenvalue weighted by atomic mass is 35.5. The molecule has 1 saturated heterocycles. The van der Waals surface area contributed by atoms with Crippen molar-refractivity contribution in [3.8, 4) is 5.75 Å². The molecule has 0 radical (unpaired) electrons. The molecule has 0 saturated carbocycles. The molecule has 0 spiro atoms. The Morgan fingerprint density at radius 2 is 1.84 bits per heavy atom. The number of aromatic nitrogens is 1. The van der Waals surface area contributed by atoms with Crippen molar-refractivity contribution in [1.82, 2.24) is 9.88 Å². The number of halogens is 1. The average molecular weight is 446 g/mol. The van der Waals surface area contributed by atoms with E-state index < -0.39 is 0 Å². The number of carbonyl (C=O) groups is 1. The first-order chi connectivity index (χ1) is 14.9. The van der Waals surface area contributed by atoms with Crippen LogP contribution in [-0.2, 0) is 0 Å². The SMILES string of the molecule is CC.COc1c(C(=O)Nc2ccc(Cl)cc2)cnc(NC2CCN(C)CC2)c1C(C)=N. The van der Waals surface area contributed by atoms with E-state index in [1.165, 1.54) is 13.3 Å². The lowest BCUT2D eigenvalue weighted by Gasteiger charge is -2.30. The number of likely N-dealkylation sites (tertiary alicyclic amines) is 1. The quantitative estimate of drug-likeness (QED) is 0.549. The topological polar surface area (TPSA) is 90.3 Å². The van der Waals surface area contributed by atoms with Crippen molar-refractivity contribution in [2.24, 2.45) is 0 Å². The number of hydrogen-bond acceptors (Lipinski definition) is 6. The second-order valence-corrected chi connectivity index (χ2v) is 7.67. The van der Waals surface area contributed by atoms with Crippen LogP contribution in [0.5, 0.6) is 5.75 Å². The number of hydrogen-bond donors (Lipinski definition) is 3. The molecule has 1 aliphatic rings. The van der Waals surface area contributed by atoms with Crippen molar-refractivity contribution in [2.75, 3.05) is 37.9 Å². The van der Waals surface area contributed by atoms with Crippen LogP contribution in [0.15, 0.2) is 30.5 Å². The van der Waals surface area contributed by atoms with E-state index in [9.17, 15) is 4.79 Å². The minimum Gasteiger partial charge on any atom is -0.495 e. The van der Waals surface area contributed by atoms with Gasteiger partial charge in [0.2, 0.25) is 0 Å². The Balaban J connectivity index is 0.00000166. The molecular formula is C23H32ClN5O2. The van der Waals surface area contributed by atoms with Gasteiger partial charge in [0.15, 0.2) is 0 Å². The van der Waals surface area contributed by atoms with E-state index in [1.807, 2.05) is 13.8 Å². The minimum absolute atomic E-state index is 0.273. The van der Waals surface area contributed by atoms with Crippen LogP contribution in [0.1, 0.15) is 49.5 Å². The molecular weight excluding hydrogens is 414 g/mol. The molecule has 1 aliphatic heterocycles. The molecule has 1 amide bonds. The number of carbonyl (C=O) groups excluding carboxylic acids is 1. The van der Waals surface area contributed by atoms with Crippen molar-refractivity contribution in [3.63, 3.8) is 0 Å². The number of methoxy groups -OCH3 is 1. The summed E-state index contributed by atoms with van der Waals surface area (Å²) in [7, 11) is 3.61. The fourth-order valence-corrected chi connectivity index (χ4v) is 3.53. The van der Waals surface area contributed by atoms with Crippen molar-refractivity contribution in [1.29, 1.82) is 5.41 Å². The Labute approximate surface area is 189 Å². The molecule has 0 aliphatic carbocycles. The molecule has 3 rings (SSSR count). The van der Waals surface area contributed by atoms with E-state index >= 15 is 0 Å². The van der Waals surface area contributed by atoms with Gasteiger partial charge in [0, 0.05) is 28.7 Å². The number of piperidine rings is 1. The maximum atomic E-state index is 12.8. The number of amides is 1. The zero-order chi connectivity index (χ0) is 23.0. The second-order valence-electron chi connectivity index (χ2n) is 7.24. The third-order valence-electron chi connectivity index (χ3n) is 5.02. The Morgan fingerprint density at radius 1 is 1.23 bits per heavy atom. The molecule has 7 nitrogen and oxygen atoms in total. The van der Waals surface area contributed by atoms with Gasteiger partial charge in [0.25, 0.3) is 5.91 Å². The van der Waals surface area contributed by atoms with Gasteiger partial charge in [-0.25, -0.2) is 4.98 Å². The molecule has 168 valence electrons. The van der Waals surface area contributed by atoms with Crippen LogP contribution in [0, 0.1) is 5.41 Å². The van der Waals surface area contributed by atoms with Crippen LogP contribution in [0.4, 0.5) is 11.5 Å². The van der Waals surface area contributed by atoms with Gasteiger partial charge in [0.1, 0.15) is 17.1 Å². The minimum atomic E-state index is -0.356. The van der Waals surface area contributed by atoms with E-state index in [4.69, 9.17) is 21.7 Å².